The first kappa shape index (κ1) is 24.3. The van der Waals surface area contributed by atoms with Crippen molar-refractivity contribution in [2.75, 3.05) is 24.2 Å². The van der Waals surface area contributed by atoms with Gasteiger partial charge in [0.15, 0.2) is 0 Å². The number of benzene rings is 2. The third kappa shape index (κ3) is 6.27. The van der Waals surface area contributed by atoms with E-state index in [0.717, 1.165) is 22.5 Å². The fraction of sp³-hybridized carbons (Fsp3) is 0.364. The number of anilines is 1. The monoisotopic (exact) mass is 449 g/mol. The summed E-state index contributed by atoms with van der Waals surface area (Å²) in [5, 5.41) is 2.47. The van der Waals surface area contributed by atoms with Gasteiger partial charge in [-0.25, -0.2) is 12.8 Å². The molecule has 0 unspecified atom stereocenters. The second kappa shape index (κ2) is 10.4. The molecule has 0 aromatic heterocycles. The predicted molar refractivity (Wildman–Crippen MR) is 118 cm³/mol. The topological polar surface area (TPSA) is 86.8 Å². The number of amides is 2. The van der Waals surface area contributed by atoms with Crippen molar-refractivity contribution in [1.82, 2.24) is 10.2 Å². The maximum absolute atomic E-state index is 14.2. The molecule has 0 aliphatic carbocycles. The molecule has 0 aliphatic rings. The molecule has 2 amide bonds. The van der Waals surface area contributed by atoms with Gasteiger partial charge in [0.25, 0.3) is 0 Å². The smallest absolute Gasteiger partial charge is 0.244 e. The van der Waals surface area contributed by atoms with Crippen LogP contribution in [0.5, 0.6) is 0 Å². The van der Waals surface area contributed by atoms with Gasteiger partial charge in [0.05, 0.1) is 11.9 Å². The van der Waals surface area contributed by atoms with Crippen LogP contribution in [0.25, 0.3) is 0 Å². The number of aryl methyl sites for hydroxylation is 1. The van der Waals surface area contributed by atoms with E-state index in [0.29, 0.717) is 5.69 Å². The molecule has 7 nitrogen and oxygen atoms in total. The minimum absolute atomic E-state index is 0.174. The van der Waals surface area contributed by atoms with E-state index in [1.165, 1.54) is 37.1 Å². The Kier molecular flexibility index (Phi) is 8.15. The number of hydrogen-bond donors (Lipinski definition) is 1. The van der Waals surface area contributed by atoms with Crippen molar-refractivity contribution in [3.05, 3.63) is 65.5 Å². The first-order chi connectivity index (χ1) is 14.6. The zero-order valence-electron chi connectivity index (χ0n) is 18.1. The number of halogens is 1. The van der Waals surface area contributed by atoms with Crippen molar-refractivity contribution in [1.29, 1.82) is 0 Å². The molecule has 0 aliphatic heterocycles. The van der Waals surface area contributed by atoms with Crippen molar-refractivity contribution in [2.45, 2.75) is 32.9 Å². The maximum Gasteiger partial charge on any atom is 0.244 e. The number of nitrogens with zero attached hydrogens (tertiary/aromatic N) is 2. The van der Waals surface area contributed by atoms with Gasteiger partial charge in [-0.05, 0) is 37.1 Å². The summed E-state index contributed by atoms with van der Waals surface area (Å²) in [5.41, 5.74) is 1.59. The average molecular weight is 450 g/mol. The van der Waals surface area contributed by atoms with Gasteiger partial charge in [0, 0.05) is 19.2 Å². The van der Waals surface area contributed by atoms with E-state index >= 15 is 0 Å². The van der Waals surface area contributed by atoms with E-state index in [-0.39, 0.29) is 12.1 Å². The van der Waals surface area contributed by atoms with E-state index in [1.807, 2.05) is 6.92 Å². The van der Waals surface area contributed by atoms with E-state index in [1.54, 1.807) is 30.3 Å². The van der Waals surface area contributed by atoms with Crippen LogP contribution in [-0.2, 0) is 32.6 Å². The molecule has 0 fully saturated rings. The Hall–Kier alpha value is -2.94. The highest BCUT2D eigenvalue weighted by Gasteiger charge is 2.30. The molecule has 0 bridgehead atoms. The molecule has 1 atom stereocenters. The summed E-state index contributed by atoms with van der Waals surface area (Å²) in [7, 11) is -2.35. The largest absolute Gasteiger partial charge is 0.357 e. The zero-order valence-corrected chi connectivity index (χ0v) is 18.9. The fourth-order valence-electron chi connectivity index (χ4n) is 3.11. The van der Waals surface area contributed by atoms with Crippen molar-refractivity contribution >= 4 is 27.5 Å². The normalized spacial score (nSPS) is 12.2. The summed E-state index contributed by atoms with van der Waals surface area (Å²) < 4.78 is 40.1. The average Bonchev–Trinajstić information content (AvgIpc) is 2.75. The second-order valence-corrected chi connectivity index (χ2v) is 9.10. The van der Waals surface area contributed by atoms with E-state index in [9.17, 15) is 22.4 Å². The Morgan fingerprint density at radius 1 is 1.10 bits per heavy atom. The molecule has 9 heteroatoms. The van der Waals surface area contributed by atoms with Crippen LogP contribution in [0.2, 0.25) is 0 Å². The van der Waals surface area contributed by atoms with Crippen LogP contribution in [0.15, 0.2) is 48.5 Å². The summed E-state index contributed by atoms with van der Waals surface area (Å²) in [4.78, 5) is 26.6. The number of rotatable bonds is 9. The highest BCUT2D eigenvalue weighted by atomic mass is 32.2. The number of nitrogens with one attached hydrogen (secondary N) is 1. The molecule has 0 saturated carbocycles. The standard InChI is InChI=1S/C22H28FN3O4S/c1-5-17-10-12-19(13-11-17)26(31(4,29)30)15-21(27)25(16(2)22(28)24-3)14-18-8-6-7-9-20(18)23/h6-13,16H,5,14-15H2,1-4H3,(H,24,28)/t16-/m1/s1. The van der Waals surface area contributed by atoms with Crippen molar-refractivity contribution in [3.63, 3.8) is 0 Å². The van der Waals surface area contributed by atoms with Gasteiger partial charge in [-0.1, -0.05) is 37.3 Å². The number of sulfonamides is 1. The molecule has 2 aromatic rings. The number of hydrogen-bond acceptors (Lipinski definition) is 4. The van der Waals surface area contributed by atoms with E-state index < -0.39 is 40.2 Å². The molecule has 0 heterocycles. The van der Waals surface area contributed by atoms with Crippen LogP contribution in [-0.4, -0.2) is 51.0 Å². The molecule has 0 saturated heterocycles. The summed E-state index contributed by atoms with van der Waals surface area (Å²) in [6, 6.07) is 11.9. The quantitative estimate of drug-likeness (QED) is 0.637. The van der Waals surface area contributed by atoms with Gasteiger partial charge < -0.3 is 10.2 Å². The summed E-state index contributed by atoms with van der Waals surface area (Å²) in [5.74, 6) is -1.58. The minimum atomic E-state index is -3.79. The number of carbonyl (C=O) groups is 2. The van der Waals surface area contributed by atoms with Gasteiger partial charge in [0.1, 0.15) is 18.4 Å². The molecule has 2 rings (SSSR count). The molecular weight excluding hydrogens is 421 g/mol. The van der Waals surface area contributed by atoms with E-state index in [4.69, 9.17) is 0 Å². The molecule has 31 heavy (non-hydrogen) atoms. The molecular formula is C22H28FN3O4S. The van der Waals surface area contributed by atoms with Crippen LogP contribution in [0, 0.1) is 5.82 Å². The Bertz CT molecular complexity index is 1030. The zero-order chi connectivity index (χ0) is 23.2. The lowest BCUT2D eigenvalue weighted by atomic mass is 10.1. The maximum atomic E-state index is 14.2. The van der Waals surface area contributed by atoms with Crippen LogP contribution < -0.4 is 9.62 Å². The Morgan fingerprint density at radius 3 is 2.23 bits per heavy atom. The van der Waals surface area contributed by atoms with Crippen LogP contribution in [0.4, 0.5) is 10.1 Å². The van der Waals surface area contributed by atoms with Crippen LogP contribution in [0.3, 0.4) is 0 Å². The van der Waals surface area contributed by atoms with Crippen molar-refractivity contribution in [3.8, 4) is 0 Å². The van der Waals surface area contributed by atoms with Crippen molar-refractivity contribution < 1.29 is 22.4 Å². The minimum Gasteiger partial charge on any atom is -0.357 e. The first-order valence-electron chi connectivity index (χ1n) is 9.89. The van der Waals surface area contributed by atoms with E-state index in [2.05, 4.69) is 5.32 Å². The summed E-state index contributed by atoms with van der Waals surface area (Å²) in [6.45, 7) is 2.80. The van der Waals surface area contributed by atoms with Gasteiger partial charge >= 0.3 is 0 Å². The Labute approximate surface area is 182 Å². The lowest BCUT2D eigenvalue weighted by Gasteiger charge is -2.31. The molecule has 2 aromatic carbocycles. The molecule has 168 valence electrons. The predicted octanol–water partition coefficient (Wildman–Crippen LogP) is 2.32. The van der Waals surface area contributed by atoms with Gasteiger partial charge in [-0.15, -0.1) is 0 Å². The summed E-state index contributed by atoms with van der Waals surface area (Å²) in [6.07, 6.45) is 1.80. The molecule has 0 spiro atoms. The third-order valence-corrected chi connectivity index (χ3v) is 6.16. The SMILES string of the molecule is CCc1ccc(N(CC(=O)N(Cc2ccccc2F)[C@H](C)C(=O)NC)S(C)(=O)=O)cc1. The Morgan fingerprint density at radius 2 is 1.71 bits per heavy atom. The lowest BCUT2D eigenvalue weighted by Crippen LogP contribution is -2.50. The van der Waals surface area contributed by atoms with Crippen molar-refractivity contribution in [2.24, 2.45) is 0 Å². The lowest BCUT2D eigenvalue weighted by molar-refractivity contribution is -0.139. The van der Waals surface area contributed by atoms with Gasteiger partial charge in [0.2, 0.25) is 21.8 Å². The highest BCUT2D eigenvalue weighted by molar-refractivity contribution is 7.92. The van der Waals surface area contributed by atoms with Gasteiger partial charge in [-0.3, -0.25) is 13.9 Å². The highest BCUT2D eigenvalue weighted by Crippen LogP contribution is 2.20. The van der Waals surface area contributed by atoms with Gasteiger partial charge in [-0.2, -0.15) is 0 Å². The first-order valence-corrected chi connectivity index (χ1v) is 11.7. The third-order valence-electron chi connectivity index (χ3n) is 5.02. The summed E-state index contributed by atoms with van der Waals surface area (Å²) >= 11 is 0. The van der Waals surface area contributed by atoms with Crippen LogP contribution in [0.1, 0.15) is 25.0 Å². The number of carbonyl (C=O) groups excluding carboxylic acids is 2. The fourth-order valence-corrected chi connectivity index (χ4v) is 3.96. The number of likely N-dealkylation sites (N-methyl/N-ethyl adjacent to an activating group) is 1. The second-order valence-electron chi connectivity index (χ2n) is 7.19. The van der Waals surface area contributed by atoms with Crippen LogP contribution >= 0.6 is 0 Å². The molecule has 0 radical (unpaired) electrons. The molecule has 1 N–H and O–H groups in total. The Balaban J connectivity index is 2.38.